The first-order valence-corrected chi connectivity index (χ1v) is 5.60. The van der Waals surface area contributed by atoms with Crippen molar-refractivity contribution < 1.29 is 4.52 Å². The Balaban J connectivity index is 2.14. The van der Waals surface area contributed by atoms with Gasteiger partial charge in [-0.1, -0.05) is 11.2 Å². The maximum Gasteiger partial charge on any atom is 0.261 e. The molecule has 0 aliphatic carbocycles. The van der Waals surface area contributed by atoms with Crippen molar-refractivity contribution in [3.05, 3.63) is 36.4 Å². The smallest absolute Gasteiger partial charge is 0.261 e. The van der Waals surface area contributed by atoms with Gasteiger partial charge in [-0.05, 0) is 19.1 Å². The summed E-state index contributed by atoms with van der Waals surface area (Å²) in [5.74, 6) is 0.922. The predicted molar refractivity (Wildman–Crippen MR) is 62.8 cm³/mol. The second kappa shape index (κ2) is 3.85. The van der Waals surface area contributed by atoms with E-state index < -0.39 is 0 Å². The van der Waals surface area contributed by atoms with Gasteiger partial charge in [0.15, 0.2) is 5.82 Å². The number of halogens is 1. The van der Waals surface area contributed by atoms with E-state index >= 15 is 0 Å². The third-order valence-corrected chi connectivity index (χ3v) is 2.65. The molecule has 0 fully saturated rings. The fourth-order valence-corrected chi connectivity index (χ4v) is 1.69. The highest BCUT2D eigenvalue weighted by molar-refractivity contribution is 6.20. The fraction of sp³-hybridized carbons (Fsp3) is 0.182. The lowest BCUT2D eigenvalue weighted by atomic mass is 10.2. The van der Waals surface area contributed by atoms with Crippen LogP contribution in [0.3, 0.4) is 0 Å². The van der Waals surface area contributed by atoms with Crippen LogP contribution in [-0.2, 0) is 0 Å². The number of rotatable bonds is 2. The fourth-order valence-electron chi connectivity index (χ4n) is 1.61. The Morgan fingerprint density at radius 1 is 1.41 bits per heavy atom. The average Bonchev–Trinajstić information content (AvgIpc) is 2.95. The lowest BCUT2D eigenvalue weighted by molar-refractivity contribution is 0.423. The first-order valence-electron chi connectivity index (χ1n) is 5.16. The largest absolute Gasteiger partial charge is 0.334 e. The van der Waals surface area contributed by atoms with Crippen molar-refractivity contribution >= 4 is 17.1 Å². The molecule has 0 spiro atoms. The van der Waals surface area contributed by atoms with Gasteiger partial charge < -0.3 is 4.52 Å². The zero-order valence-electron chi connectivity index (χ0n) is 9.04. The summed E-state index contributed by atoms with van der Waals surface area (Å²) in [5, 5.41) is 7.76. The molecule has 0 bridgehead atoms. The average molecular weight is 249 g/mol. The van der Waals surface area contributed by atoms with E-state index in [2.05, 4.69) is 15.2 Å². The normalized spacial score (nSPS) is 13.1. The number of nitrogens with zero attached hydrogens (tertiary/aromatic N) is 4. The molecule has 1 unspecified atom stereocenters. The molecule has 3 rings (SSSR count). The molecule has 6 heteroatoms. The van der Waals surface area contributed by atoms with Crippen LogP contribution in [0.5, 0.6) is 0 Å². The van der Waals surface area contributed by atoms with E-state index in [1.165, 1.54) is 0 Å². The minimum atomic E-state index is -0.269. The summed E-state index contributed by atoms with van der Waals surface area (Å²) in [6.07, 6.45) is 3.56. The topological polar surface area (TPSA) is 56.2 Å². The highest BCUT2D eigenvalue weighted by atomic mass is 35.5. The second-order valence-corrected chi connectivity index (χ2v) is 4.32. The number of alkyl halides is 1. The van der Waals surface area contributed by atoms with Crippen molar-refractivity contribution in [3.63, 3.8) is 0 Å². The quantitative estimate of drug-likeness (QED) is 0.655. The Morgan fingerprint density at radius 3 is 3.06 bits per heavy atom. The summed E-state index contributed by atoms with van der Waals surface area (Å²) in [6.45, 7) is 1.80. The first kappa shape index (κ1) is 10.3. The van der Waals surface area contributed by atoms with Crippen LogP contribution >= 0.6 is 11.6 Å². The van der Waals surface area contributed by atoms with E-state index in [-0.39, 0.29) is 5.38 Å². The van der Waals surface area contributed by atoms with Gasteiger partial charge in [0.1, 0.15) is 0 Å². The molecule has 0 radical (unpaired) electrons. The summed E-state index contributed by atoms with van der Waals surface area (Å²) in [6, 6.07) is 5.78. The van der Waals surface area contributed by atoms with Gasteiger partial charge in [-0.3, -0.25) is 0 Å². The van der Waals surface area contributed by atoms with Crippen LogP contribution in [0.1, 0.15) is 18.1 Å². The monoisotopic (exact) mass is 248 g/mol. The Morgan fingerprint density at radius 2 is 2.29 bits per heavy atom. The van der Waals surface area contributed by atoms with Crippen LogP contribution in [0.2, 0.25) is 0 Å². The predicted octanol–water partition coefficient (Wildman–Crippen LogP) is 2.68. The van der Waals surface area contributed by atoms with Gasteiger partial charge in [0, 0.05) is 6.20 Å². The van der Waals surface area contributed by atoms with Crippen molar-refractivity contribution in [3.8, 4) is 11.5 Å². The van der Waals surface area contributed by atoms with Gasteiger partial charge in [-0.2, -0.15) is 10.1 Å². The molecular formula is C11H9ClN4O. The van der Waals surface area contributed by atoms with Crippen molar-refractivity contribution in [2.75, 3.05) is 0 Å². The van der Waals surface area contributed by atoms with E-state index in [9.17, 15) is 0 Å². The Labute approximate surface area is 102 Å². The van der Waals surface area contributed by atoms with Crippen LogP contribution in [-0.4, -0.2) is 19.8 Å². The van der Waals surface area contributed by atoms with Crippen molar-refractivity contribution in [1.29, 1.82) is 0 Å². The van der Waals surface area contributed by atoms with Crippen LogP contribution in [0.4, 0.5) is 0 Å². The van der Waals surface area contributed by atoms with Gasteiger partial charge in [-0.15, -0.1) is 11.6 Å². The summed E-state index contributed by atoms with van der Waals surface area (Å²) >= 11 is 5.89. The van der Waals surface area contributed by atoms with Gasteiger partial charge in [0.2, 0.25) is 0 Å². The zero-order chi connectivity index (χ0) is 11.8. The maximum atomic E-state index is 5.89. The molecule has 3 heterocycles. The van der Waals surface area contributed by atoms with Crippen LogP contribution in [0.25, 0.3) is 17.0 Å². The Bertz CT molecular complexity index is 658. The van der Waals surface area contributed by atoms with Gasteiger partial charge in [-0.25, -0.2) is 4.52 Å². The lowest BCUT2D eigenvalue weighted by Gasteiger charge is -1.92. The Hall–Kier alpha value is -1.88. The van der Waals surface area contributed by atoms with Crippen LogP contribution < -0.4 is 0 Å². The molecule has 86 valence electrons. The first-order chi connectivity index (χ1) is 8.25. The second-order valence-electron chi connectivity index (χ2n) is 3.66. The number of pyridine rings is 1. The van der Waals surface area contributed by atoms with Crippen molar-refractivity contribution in [2.45, 2.75) is 12.3 Å². The van der Waals surface area contributed by atoms with E-state index in [0.29, 0.717) is 11.7 Å². The third-order valence-electron chi connectivity index (χ3n) is 2.45. The minimum Gasteiger partial charge on any atom is -0.334 e. The van der Waals surface area contributed by atoms with Gasteiger partial charge >= 0.3 is 0 Å². The summed E-state index contributed by atoms with van der Waals surface area (Å²) in [4.78, 5) is 4.24. The Kier molecular flexibility index (Phi) is 2.33. The highest BCUT2D eigenvalue weighted by Gasteiger charge is 2.15. The third kappa shape index (κ3) is 1.68. The SMILES string of the molecule is CC(Cl)c1noc(-c2cnn3ccccc23)n1. The number of hydrogen-bond donors (Lipinski definition) is 0. The van der Waals surface area contributed by atoms with Crippen molar-refractivity contribution in [2.24, 2.45) is 0 Å². The number of aromatic nitrogens is 4. The summed E-state index contributed by atoms with van der Waals surface area (Å²) in [5.41, 5.74) is 1.73. The van der Waals surface area contributed by atoms with Crippen LogP contribution in [0.15, 0.2) is 35.1 Å². The molecule has 3 aromatic heterocycles. The number of hydrogen-bond acceptors (Lipinski definition) is 4. The van der Waals surface area contributed by atoms with E-state index in [0.717, 1.165) is 11.1 Å². The number of fused-ring (bicyclic) bond motifs is 1. The lowest BCUT2D eigenvalue weighted by Crippen LogP contribution is -1.87. The van der Waals surface area contributed by atoms with Gasteiger partial charge in [0.05, 0.1) is 22.7 Å². The summed E-state index contributed by atoms with van der Waals surface area (Å²) in [7, 11) is 0. The van der Waals surface area contributed by atoms with E-state index in [1.54, 1.807) is 17.6 Å². The molecule has 1 atom stereocenters. The zero-order valence-corrected chi connectivity index (χ0v) is 9.80. The summed E-state index contributed by atoms with van der Waals surface area (Å²) < 4.78 is 6.93. The molecule has 3 aromatic rings. The molecule has 0 aliphatic rings. The molecule has 0 saturated carbocycles. The highest BCUT2D eigenvalue weighted by Crippen LogP contribution is 2.25. The molecule has 0 N–H and O–H groups in total. The standard InChI is InChI=1S/C11H9ClN4O/c1-7(12)10-14-11(17-15-10)8-6-13-16-5-3-2-4-9(8)16/h2-7H,1H3. The van der Waals surface area contributed by atoms with E-state index in [4.69, 9.17) is 16.1 Å². The molecular weight excluding hydrogens is 240 g/mol. The maximum absolute atomic E-state index is 5.89. The van der Waals surface area contributed by atoms with Gasteiger partial charge in [0.25, 0.3) is 5.89 Å². The molecule has 0 amide bonds. The molecule has 5 nitrogen and oxygen atoms in total. The minimum absolute atomic E-state index is 0.269. The molecule has 0 aliphatic heterocycles. The van der Waals surface area contributed by atoms with Crippen LogP contribution in [0, 0.1) is 0 Å². The molecule has 0 saturated heterocycles. The van der Waals surface area contributed by atoms with E-state index in [1.807, 2.05) is 24.4 Å². The molecule has 17 heavy (non-hydrogen) atoms. The van der Waals surface area contributed by atoms with Crippen molar-refractivity contribution in [1.82, 2.24) is 19.8 Å². The molecule has 0 aromatic carbocycles.